The van der Waals surface area contributed by atoms with Gasteiger partial charge in [0.25, 0.3) is 5.91 Å². The summed E-state index contributed by atoms with van der Waals surface area (Å²) in [4.78, 5) is 28.6. The van der Waals surface area contributed by atoms with Gasteiger partial charge in [-0.15, -0.1) is 0 Å². The van der Waals surface area contributed by atoms with Crippen LogP contribution in [0.25, 0.3) is 22.0 Å². The van der Waals surface area contributed by atoms with E-state index in [-0.39, 0.29) is 11.5 Å². The second kappa shape index (κ2) is 7.56. The zero-order chi connectivity index (χ0) is 20.4. The summed E-state index contributed by atoms with van der Waals surface area (Å²) < 4.78 is 0. The minimum absolute atomic E-state index is 0.198. The molecule has 0 saturated carbocycles. The highest BCUT2D eigenvalue weighted by Crippen LogP contribution is 2.27. The summed E-state index contributed by atoms with van der Waals surface area (Å²) in [5.41, 5.74) is 4.10. The minimum atomic E-state index is -0.989. The maximum absolute atomic E-state index is 13.1. The zero-order valence-corrected chi connectivity index (χ0v) is 15.7. The van der Waals surface area contributed by atoms with Gasteiger partial charge in [0.15, 0.2) is 0 Å². The Bertz CT molecular complexity index is 1230. The Hall–Kier alpha value is -3.99. The molecular formula is C24H18N2O3. The van der Waals surface area contributed by atoms with Gasteiger partial charge in [0.05, 0.1) is 16.6 Å². The van der Waals surface area contributed by atoms with Crippen molar-refractivity contribution < 1.29 is 14.7 Å². The number of nitrogens with one attached hydrogen (secondary N) is 1. The van der Waals surface area contributed by atoms with Gasteiger partial charge in [0.1, 0.15) is 5.82 Å². The van der Waals surface area contributed by atoms with E-state index in [4.69, 9.17) is 5.11 Å². The predicted octanol–water partition coefficient (Wildman–Crippen LogP) is 5.16. The third kappa shape index (κ3) is 3.71. The maximum atomic E-state index is 13.1. The van der Waals surface area contributed by atoms with Crippen LogP contribution in [0.2, 0.25) is 0 Å². The number of amides is 1. The molecule has 0 fully saturated rings. The molecule has 1 aromatic heterocycles. The van der Waals surface area contributed by atoms with Gasteiger partial charge in [-0.2, -0.15) is 0 Å². The van der Waals surface area contributed by atoms with E-state index in [9.17, 15) is 9.59 Å². The van der Waals surface area contributed by atoms with Crippen LogP contribution in [0.4, 0.5) is 5.82 Å². The first-order valence-corrected chi connectivity index (χ1v) is 9.13. The molecule has 29 heavy (non-hydrogen) atoms. The molecule has 5 nitrogen and oxygen atoms in total. The quantitative estimate of drug-likeness (QED) is 0.511. The first-order chi connectivity index (χ1) is 14.0. The lowest BCUT2D eigenvalue weighted by Gasteiger charge is -2.13. The van der Waals surface area contributed by atoms with Gasteiger partial charge in [-0.3, -0.25) is 4.79 Å². The highest BCUT2D eigenvalue weighted by atomic mass is 16.4. The lowest BCUT2D eigenvalue weighted by atomic mass is 9.95. The number of hydrogen-bond acceptors (Lipinski definition) is 3. The van der Waals surface area contributed by atoms with Crippen molar-refractivity contribution in [2.75, 3.05) is 5.32 Å². The van der Waals surface area contributed by atoms with Crippen LogP contribution in [-0.2, 0) is 0 Å². The minimum Gasteiger partial charge on any atom is -0.478 e. The molecule has 5 heteroatoms. The fourth-order valence-corrected chi connectivity index (χ4v) is 3.33. The average Bonchev–Trinajstić information content (AvgIpc) is 2.73. The number of pyridine rings is 1. The van der Waals surface area contributed by atoms with Gasteiger partial charge in [0, 0.05) is 5.39 Å². The molecule has 0 bridgehead atoms. The lowest BCUT2D eigenvalue weighted by Crippen LogP contribution is -2.15. The number of carbonyl (C=O) groups excluding carboxylic acids is 1. The molecule has 1 heterocycles. The van der Waals surface area contributed by atoms with E-state index in [1.165, 1.54) is 6.07 Å². The van der Waals surface area contributed by atoms with Crippen LogP contribution in [0.3, 0.4) is 0 Å². The fraction of sp³-hybridized carbons (Fsp3) is 0.0417. The van der Waals surface area contributed by atoms with Gasteiger partial charge in [-0.05, 0) is 53.9 Å². The molecule has 0 atom stereocenters. The van der Waals surface area contributed by atoms with Crippen LogP contribution in [0.5, 0.6) is 0 Å². The number of rotatable bonds is 4. The number of carboxylic acid groups (broad SMARTS) is 1. The summed E-state index contributed by atoms with van der Waals surface area (Å²) in [6, 6.07) is 23.6. The van der Waals surface area contributed by atoms with Crippen molar-refractivity contribution >= 4 is 28.6 Å². The number of aryl methyl sites for hydroxylation is 1. The summed E-state index contributed by atoms with van der Waals surface area (Å²) in [7, 11) is 0. The second-order valence-electron chi connectivity index (χ2n) is 6.73. The molecule has 142 valence electrons. The van der Waals surface area contributed by atoms with Crippen molar-refractivity contribution in [2.45, 2.75) is 6.92 Å². The highest BCUT2D eigenvalue weighted by molar-refractivity contribution is 6.09. The SMILES string of the molecule is Cc1cccc(-c2ccccc2)c1C(=O)Nc1ccc2cc(C(=O)O)ccc2n1. The fourth-order valence-electron chi connectivity index (χ4n) is 3.33. The topological polar surface area (TPSA) is 79.3 Å². The monoisotopic (exact) mass is 382 g/mol. The van der Waals surface area contributed by atoms with Crippen molar-refractivity contribution in [3.05, 3.63) is 95.6 Å². The van der Waals surface area contributed by atoms with Gasteiger partial charge >= 0.3 is 5.97 Å². The molecule has 4 rings (SSSR count). The summed E-state index contributed by atoms with van der Waals surface area (Å²) in [5.74, 6) is -0.818. The second-order valence-corrected chi connectivity index (χ2v) is 6.73. The number of carbonyl (C=O) groups is 2. The summed E-state index contributed by atoms with van der Waals surface area (Å²) in [5, 5.41) is 12.7. The van der Waals surface area contributed by atoms with E-state index in [0.29, 0.717) is 22.3 Å². The van der Waals surface area contributed by atoms with Crippen molar-refractivity contribution in [3.8, 4) is 11.1 Å². The molecule has 0 saturated heterocycles. The Labute approximate surface area is 167 Å². The Morgan fingerprint density at radius 2 is 1.69 bits per heavy atom. The smallest absolute Gasteiger partial charge is 0.335 e. The molecule has 0 aliphatic carbocycles. The van der Waals surface area contributed by atoms with Crippen molar-refractivity contribution in [3.63, 3.8) is 0 Å². The Kier molecular flexibility index (Phi) is 4.79. The highest BCUT2D eigenvalue weighted by Gasteiger charge is 2.16. The number of carboxylic acids is 1. The number of benzene rings is 3. The maximum Gasteiger partial charge on any atom is 0.335 e. The first kappa shape index (κ1) is 18.4. The molecule has 0 radical (unpaired) electrons. The van der Waals surface area contributed by atoms with Crippen LogP contribution in [0, 0.1) is 6.92 Å². The predicted molar refractivity (Wildman–Crippen MR) is 113 cm³/mol. The van der Waals surface area contributed by atoms with E-state index in [1.807, 2.05) is 55.5 Å². The van der Waals surface area contributed by atoms with Gasteiger partial charge in [-0.1, -0.05) is 48.5 Å². The number of anilines is 1. The largest absolute Gasteiger partial charge is 0.478 e. The molecule has 2 N–H and O–H groups in total. The third-order valence-electron chi connectivity index (χ3n) is 4.76. The molecule has 3 aromatic carbocycles. The number of aromatic carboxylic acids is 1. The Morgan fingerprint density at radius 1 is 0.897 bits per heavy atom. The van der Waals surface area contributed by atoms with Crippen LogP contribution < -0.4 is 5.32 Å². The normalized spacial score (nSPS) is 10.7. The van der Waals surface area contributed by atoms with Crippen molar-refractivity contribution in [1.29, 1.82) is 0 Å². The van der Waals surface area contributed by atoms with Crippen molar-refractivity contribution in [1.82, 2.24) is 4.98 Å². The van der Waals surface area contributed by atoms with Crippen LogP contribution in [-0.4, -0.2) is 22.0 Å². The van der Waals surface area contributed by atoms with Gasteiger partial charge in [-0.25, -0.2) is 9.78 Å². The van der Waals surface area contributed by atoms with Crippen LogP contribution >= 0.6 is 0 Å². The van der Waals surface area contributed by atoms with Crippen molar-refractivity contribution in [2.24, 2.45) is 0 Å². The summed E-state index contributed by atoms with van der Waals surface area (Å²) in [6.07, 6.45) is 0. The number of nitrogens with zero attached hydrogens (tertiary/aromatic N) is 1. The van der Waals surface area contributed by atoms with Crippen LogP contribution in [0.1, 0.15) is 26.3 Å². The molecule has 0 spiro atoms. The standard InChI is InChI=1S/C24H18N2O3/c1-15-6-5-9-19(16-7-3-2-4-8-16)22(15)23(27)26-21-13-11-17-14-18(24(28)29)10-12-20(17)25-21/h2-14H,1H3,(H,28,29)(H,25,26,27). The number of aromatic nitrogens is 1. The van der Waals surface area contributed by atoms with E-state index in [2.05, 4.69) is 10.3 Å². The van der Waals surface area contributed by atoms with Gasteiger partial charge < -0.3 is 10.4 Å². The Balaban J connectivity index is 1.68. The van der Waals surface area contributed by atoms with Crippen LogP contribution in [0.15, 0.2) is 78.9 Å². The molecule has 0 unspecified atom stereocenters. The summed E-state index contributed by atoms with van der Waals surface area (Å²) >= 11 is 0. The third-order valence-corrected chi connectivity index (χ3v) is 4.76. The first-order valence-electron chi connectivity index (χ1n) is 9.13. The van der Waals surface area contributed by atoms with E-state index in [1.54, 1.807) is 24.3 Å². The van der Waals surface area contributed by atoms with E-state index < -0.39 is 5.97 Å². The number of fused-ring (bicyclic) bond motifs is 1. The summed E-state index contributed by atoms with van der Waals surface area (Å²) in [6.45, 7) is 1.91. The lowest BCUT2D eigenvalue weighted by molar-refractivity contribution is 0.0697. The van der Waals surface area contributed by atoms with Gasteiger partial charge in [0.2, 0.25) is 0 Å². The molecular weight excluding hydrogens is 364 g/mol. The molecule has 0 aliphatic rings. The molecule has 0 aliphatic heterocycles. The zero-order valence-electron chi connectivity index (χ0n) is 15.7. The molecule has 1 amide bonds. The Morgan fingerprint density at radius 3 is 2.45 bits per heavy atom. The van der Waals surface area contributed by atoms with E-state index >= 15 is 0 Å². The van der Waals surface area contributed by atoms with E-state index in [0.717, 1.165) is 16.7 Å². The number of hydrogen-bond donors (Lipinski definition) is 2. The average molecular weight is 382 g/mol. The molecule has 4 aromatic rings.